The highest BCUT2D eigenvalue weighted by atomic mass is 16.4. The third-order valence-corrected chi connectivity index (χ3v) is 4.88. The molecular weight excluding hydrogens is 360 g/mol. The third-order valence-electron chi connectivity index (χ3n) is 4.88. The predicted octanol–water partition coefficient (Wildman–Crippen LogP) is 2.39. The molecule has 0 unspecified atom stereocenters. The molecule has 0 radical (unpaired) electrons. The lowest BCUT2D eigenvalue weighted by Crippen LogP contribution is -2.40. The molecule has 1 aromatic carbocycles. The van der Waals surface area contributed by atoms with Crippen molar-refractivity contribution in [1.29, 1.82) is 0 Å². The molecule has 0 bridgehead atoms. The number of aromatic amines is 1. The van der Waals surface area contributed by atoms with Gasteiger partial charge in [-0.1, -0.05) is 23.3 Å². The van der Waals surface area contributed by atoms with Crippen molar-refractivity contribution in [2.75, 3.05) is 25.5 Å². The van der Waals surface area contributed by atoms with Crippen LogP contribution in [-0.4, -0.2) is 51.6 Å². The number of anilines is 1. The first-order valence-electron chi connectivity index (χ1n) is 8.94. The Hall–Kier alpha value is -3.62. The van der Waals surface area contributed by atoms with Gasteiger partial charge in [0.25, 0.3) is 0 Å². The molecule has 1 amide bonds. The molecular formula is C19H18N6O3. The summed E-state index contributed by atoms with van der Waals surface area (Å²) < 4.78 is 11.6. The number of carbonyl (C=O) groups is 1. The van der Waals surface area contributed by atoms with Gasteiger partial charge < -0.3 is 23.6 Å². The van der Waals surface area contributed by atoms with Gasteiger partial charge in [-0.25, -0.2) is 4.98 Å². The van der Waals surface area contributed by atoms with Gasteiger partial charge in [0.05, 0.1) is 12.0 Å². The van der Waals surface area contributed by atoms with Crippen molar-refractivity contribution in [3.8, 4) is 0 Å². The first-order valence-corrected chi connectivity index (χ1v) is 8.94. The van der Waals surface area contributed by atoms with Crippen LogP contribution in [-0.2, 0) is 6.42 Å². The highest BCUT2D eigenvalue weighted by molar-refractivity contribution is 5.90. The smallest absolute Gasteiger partial charge is 0.318 e. The van der Waals surface area contributed by atoms with Crippen LogP contribution in [0.15, 0.2) is 45.5 Å². The van der Waals surface area contributed by atoms with Crippen molar-refractivity contribution >= 4 is 22.9 Å². The average Bonchev–Trinajstić information content (AvgIpc) is 3.44. The Labute approximate surface area is 160 Å². The van der Waals surface area contributed by atoms with Gasteiger partial charge in [-0.2, -0.15) is 0 Å². The Balaban J connectivity index is 1.58. The first-order chi connectivity index (χ1) is 13.6. The number of nitrogens with zero attached hydrogens (tertiary/aromatic N) is 5. The van der Waals surface area contributed by atoms with Gasteiger partial charge in [-0.15, -0.1) is 5.10 Å². The third kappa shape index (κ3) is 2.55. The van der Waals surface area contributed by atoms with Crippen LogP contribution >= 0.6 is 0 Å². The van der Waals surface area contributed by atoms with Crippen LogP contribution < -0.4 is 4.90 Å². The van der Waals surface area contributed by atoms with Crippen molar-refractivity contribution in [3.63, 3.8) is 0 Å². The number of carbonyl (C=O) groups excluding carboxylic acids is 1. The summed E-state index contributed by atoms with van der Waals surface area (Å²) in [7, 11) is 3.55. The van der Waals surface area contributed by atoms with E-state index in [1.54, 1.807) is 30.2 Å². The monoisotopic (exact) mass is 378 g/mol. The summed E-state index contributed by atoms with van der Waals surface area (Å²) in [5.74, 6) is 0.249. The van der Waals surface area contributed by atoms with Crippen LogP contribution in [0, 0.1) is 0 Å². The molecule has 142 valence electrons. The molecule has 9 nitrogen and oxygen atoms in total. The van der Waals surface area contributed by atoms with Crippen molar-refractivity contribution in [3.05, 3.63) is 59.7 Å². The molecule has 1 aliphatic rings. The zero-order valence-corrected chi connectivity index (χ0v) is 15.4. The topological polar surface area (TPSA) is 104 Å². The lowest BCUT2D eigenvalue weighted by atomic mass is 10.00. The summed E-state index contributed by atoms with van der Waals surface area (Å²) in [5.41, 5.74) is 2.53. The average molecular weight is 378 g/mol. The number of rotatable bonds is 3. The molecule has 1 N–H and O–H groups in total. The molecule has 28 heavy (non-hydrogen) atoms. The minimum Gasteiger partial charge on any atom is -0.458 e. The van der Waals surface area contributed by atoms with E-state index in [9.17, 15) is 4.79 Å². The van der Waals surface area contributed by atoms with E-state index in [4.69, 9.17) is 8.83 Å². The standard InChI is InChI=1S/C19H18N6O3/c1-24(2)19-23-22-17(28-19)18(26)25-8-7-12-15(21-10-20-12)16(25)14-9-11-5-3-4-6-13(11)27-14/h3-6,9-10,16H,7-8H2,1-2H3,(H,20,21)/t16-/m1/s1. The molecule has 1 aliphatic heterocycles. The van der Waals surface area contributed by atoms with E-state index in [1.807, 2.05) is 30.3 Å². The van der Waals surface area contributed by atoms with E-state index < -0.39 is 6.04 Å². The van der Waals surface area contributed by atoms with E-state index >= 15 is 0 Å². The molecule has 0 fully saturated rings. The van der Waals surface area contributed by atoms with Crippen molar-refractivity contribution < 1.29 is 13.6 Å². The van der Waals surface area contributed by atoms with Crippen LogP contribution in [0.2, 0.25) is 0 Å². The van der Waals surface area contributed by atoms with Gasteiger partial charge >= 0.3 is 17.8 Å². The maximum Gasteiger partial charge on any atom is 0.318 e. The van der Waals surface area contributed by atoms with Gasteiger partial charge in [-0.3, -0.25) is 4.79 Å². The minimum absolute atomic E-state index is 0.0520. The fraction of sp³-hybridized carbons (Fsp3) is 0.263. The summed E-state index contributed by atoms with van der Waals surface area (Å²) in [6, 6.07) is 9.51. The van der Waals surface area contributed by atoms with Gasteiger partial charge in [0.15, 0.2) is 0 Å². The van der Waals surface area contributed by atoms with Gasteiger partial charge in [0, 0.05) is 38.1 Å². The number of hydrogen-bond acceptors (Lipinski definition) is 7. The van der Waals surface area contributed by atoms with Gasteiger partial charge in [0.2, 0.25) is 0 Å². The fourth-order valence-electron chi connectivity index (χ4n) is 3.53. The molecule has 1 atom stereocenters. The first kappa shape index (κ1) is 16.5. The number of amides is 1. The lowest BCUT2D eigenvalue weighted by Gasteiger charge is -2.32. The van der Waals surface area contributed by atoms with Crippen LogP contribution in [0.25, 0.3) is 11.0 Å². The maximum atomic E-state index is 13.2. The maximum absolute atomic E-state index is 13.2. The number of imidazole rings is 1. The largest absolute Gasteiger partial charge is 0.458 e. The molecule has 0 aliphatic carbocycles. The minimum atomic E-state index is -0.468. The highest BCUT2D eigenvalue weighted by Gasteiger charge is 2.38. The Kier molecular flexibility index (Phi) is 3.68. The Morgan fingerprint density at radius 3 is 2.89 bits per heavy atom. The van der Waals surface area contributed by atoms with Crippen LogP contribution in [0.3, 0.4) is 0 Å². The number of benzene rings is 1. The molecule has 9 heteroatoms. The number of furan rings is 1. The Morgan fingerprint density at radius 2 is 2.11 bits per heavy atom. The fourth-order valence-corrected chi connectivity index (χ4v) is 3.53. The second-order valence-electron chi connectivity index (χ2n) is 6.89. The summed E-state index contributed by atoms with van der Waals surface area (Å²) in [4.78, 5) is 24.1. The number of para-hydroxylation sites is 1. The van der Waals surface area contributed by atoms with E-state index in [-0.39, 0.29) is 17.8 Å². The predicted molar refractivity (Wildman–Crippen MR) is 100 cm³/mol. The zero-order chi connectivity index (χ0) is 19.3. The summed E-state index contributed by atoms with van der Waals surface area (Å²) in [6.07, 6.45) is 2.30. The Morgan fingerprint density at radius 1 is 1.25 bits per heavy atom. The molecule has 0 spiro atoms. The van der Waals surface area contributed by atoms with E-state index in [0.29, 0.717) is 18.7 Å². The second-order valence-corrected chi connectivity index (χ2v) is 6.89. The zero-order valence-electron chi connectivity index (χ0n) is 15.4. The summed E-state index contributed by atoms with van der Waals surface area (Å²) >= 11 is 0. The normalized spacial score (nSPS) is 16.4. The van der Waals surface area contributed by atoms with Crippen molar-refractivity contribution in [2.45, 2.75) is 12.5 Å². The molecule has 4 aromatic rings. The lowest BCUT2D eigenvalue weighted by molar-refractivity contribution is 0.0632. The molecule has 0 saturated heterocycles. The van der Waals surface area contributed by atoms with Crippen LogP contribution in [0.4, 0.5) is 6.01 Å². The van der Waals surface area contributed by atoms with E-state index in [2.05, 4.69) is 20.2 Å². The number of hydrogen-bond donors (Lipinski definition) is 1. The summed E-state index contributed by atoms with van der Waals surface area (Å²) in [5, 5.41) is 8.81. The van der Waals surface area contributed by atoms with Crippen LogP contribution in [0.5, 0.6) is 0 Å². The highest BCUT2D eigenvalue weighted by Crippen LogP contribution is 2.37. The Bertz CT molecular complexity index is 1120. The van der Waals surface area contributed by atoms with E-state index in [1.165, 1.54) is 0 Å². The summed E-state index contributed by atoms with van der Waals surface area (Å²) in [6.45, 7) is 0.482. The van der Waals surface area contributed by atoms with Crippen LogP contribution in [0.1, 0.15) is 33.9 Å². The second kappa shape index (κ2) is 6.22. The van der Waals surface area contributed by atoms with Gasteiger partial charge in [0.1, 0.15) is 17.4 Å². The quantitative estimate of drug-likeness (QED) is 0.584. The molecule has 5 rings (SSSR count). The molecule has 3 aromatic heterocycles. The SMILES string of the molecule is CN(C)c1nnc(C(=O)N2CCc3[nH]cnc3[C@H]2c2cc3ccccc3o2)o1. The van der Waals surface area contributed by atoms with Crippen molar-refractivity contribution in [2.24, 2.45) is 0 Å². The number of nitrogens with one attached hydrogen (secondary N) is 1. The van der Waals surface area contributed by atoms with Crippen molar-refractivity contribution in [1.82, 2.24) is 25.1 Å². The number of H-pyrrole nitrogens is 1. The van der Waals surface area contributed by atoms with Gasteiger partial charge in [-0.05, 0) is 12.1 Å². The number of fused-ring (bicyclic) bond motifs is 2. The molecule has 0 saturated carbocycles. The molecule has 4 heterocycles. The van der Waals surface area contributed by atoms with E-state index in [0.717, 1.165) is 22.4 Å². The number of aromatic nitrogens is 4.